The highest BCUT2D eigenvalue weighted by Gasteiger charge is 2.34. The van der Waals surface area contributed by atoms with E-state index in [1.165, 1.54) is 12.1 Å². The van der Waals surface area contributed by atoms with Crippen molar-refractivity contribution < 1.29 is 27.5 Å². The van der Waals surface area contributed by atoms with E-state index in [9.17, 15) is 22.8 Å². The SMILES string of the molecule is CCN(C(C)C)[C@@H]1CC[C@H](NC(=O)CNC(=O)c2cccc(C(F)(F)F)c2)[C@H](CCOC)C1. The van der Waals surface area contributed by atoms with Crippen LogP contribution in [0.3, 0.4) is 0 Å². The number of benzene rings is 1. The number of nitrogens with one attached hydrogen (secondary N) is 2. The van der Waals surface area contributed by atoms with Gasteiger partial charge in [0.15, 0.2) is 0 Å². The smallest absolute Gasteiger partial charge is 0.385 e. The van der Waals surface area contributed by atoms with Gasteiger partial charge in [0.05, 0.1) is 12.1 Å². The molecular weight excluding hydrogens is 435 g/mol. The molecule has 0 radical (unpaired) electrons. The zero-order valence-corrected chi connectivity index (χ0v) is 19.9. The highest BCUT2D eigenvalue weighted by atomic mass is 19.4. The zero-order chi connectivity index (χ0) is 24.6. The first-order valence-electron chi connectivity index (χ1n) is 11.6. The predicted octanol–water partition coefficient (Wildman–Crippen LogP) is 3.86. The Bertz CT molecular complexity index is 786. The summed E-state index contributed by atoms with van der Waals surface area (Å²) in [6, 6.07) is 5.01. The Kier molecular flexibility index (Phi) is 10.2. The number of hydrogen-bond donors (Lipinski definition) is 2. The van der Waals surface area contributed by atoms with Crippen LogP contribution in [-0.2, 0) is 15.7 Å². The van der Waals surface area contributed by atoms with Crippen LogP contribution in [-0.4, -0.2) is 61.6 Å². The molecule has 0 aromatic heterocycles. The summed E-state index contributed by atoms with van der Waals surface area (Å²) in [4.78, 5) is 27.3. The van der Waals surface area contributed by atoms with Gasteiger partial charge in [-0.05, 0) is 70.2 Å². The third-order valence-corrected chi connectivity index (χ3v) is 6.35. The first kappa shape index (κ1) is 27.1. The third-order valence-electron chi connectivity index (χ3n) is 6.35. The minimum Gasteiger partial charge on any atom is -0.385 e. The number of carbonyl (C=O) groups is 2. The Labute approximate surface area is 194 Å². The summed E-state index contributed by atoms with van der Waals surface area (Å²) in [5, 5.41) is 5.44. The van der Waals surface area contributed by atoms with Gasteiger partial charge in [-0.25, -0.2) is 0 Å². The fourth-order valence-electron chi connectivity index (χ4n) is 4.72. The van der Waals surface area contributed by atoms with E-state index in [4.69, 9.17) is 4.74 Å². The Morgan fingerprint density at radius 1 is 1.24 bits per heavy atom. The molecule has 0 aliphatic heterocycles. The van der Waals surface area contributed by atoms with Crippen LogP contribution >= 0.6 is 0 Å². The first-order valence-corrected chi connectivity index (χ1v) is 11.6. The molecule has 1 fully saturated rings. The number of carbonyl (C=O) groups excluding carboxylic acids is 2. The maximum Gasteiger partial charge on any atom is 0.416 e. The quantitative estimate of drug-likeness (QED) is 0.544. The van der Waals surface area contributed by atoms with Gasteiger partial charge < -0.3 is 15.4 Å². The summed E-state index contributed by atoms with van der Waals surface area (Å²) in [7, 11) is 1.66. The maximum atomic E-state index is 12.9. The van der Waals surface area contributed by atoms with Gasteiger partial charge in [0, 0.05) is 37.4 Å². The number of nitrogens with zero attached hydrogens (tertiary/aromatic N) is 1. The van der Waals surface area contributed by atoms with Crippen molar-refractivity contribution in [2.75, 3.05) is 26.8 Å². The lowest BCUT2D eigenvalue weighted by Gasteiger charge is -2.43. The van der Waals surface area contributed by atoms with Gasteiger partial charge in [-0.2, -0.15) is 13.2 Å². The van der Waals surface area contributed by atoms with E-state index >= 15 is 0 Å². The van der Waals surface area contributed by atoms with Gasteiger partial charge >= 0.3 is 6.18 Å². The average Bonchev–Trinajstić information content (AvgIpc) is 2.77. The van der Waals surface area contributed by atoms with Gasteiger partial charge in [-0.3, -0.25) is 14.5 Å². The fourth-order valence-corrected chi connectivity index (χ4v) is 4.72. The number of rotatable bonds is 10. The molecule has 3 atom stereocenters. The van der Waals surface area contributed by atoms with Gasteiger partial charge in [0.25, 0.3) is 5.91 Å². The third kappa shape index (κ3) is 7.99. The van der Waals surface area contributed by atoms with Crippen LogP contribution in [0, 0.1) is 5.92 Å². The minimum absolute atomic E-state index is 0.0276. The lowest BCUT2D eigenvalue weighted by molar-refractivity contribution is -0.137. The molecule has 1 saturated carbocycles. The molecule has 0 heterocycles. The van der Waals surface area contributed by atoms with E-state index in [-0.39, 0.29) is 30.0 Å². The van der Waals surface area contributed by atoms with Crippen LogP contribution in [0.2, 0.25) is 0 Å². The van der Waals surface area contributed by atoms with Gasteiger partial charge in [-0.15, -0.1) is 0 Å². The summed E-state index contributed by atoms with van der Waals surface area (Å²) in [5.74, 6) is -0.816. The number of hydrogen-bond acceptors (Lipinski definition) is 4. The van der Waals surface area contributed by atoms with Crippen molar-refractivity contribution in [1.29, 1.82) is 0 Å². The molecule has 1 aromatic rings. The standard InChI is InChI=1S/C24H36F3N3O3/c1-5-30(16(2)3)20-9-10-21(17(14-20)11-12-33-4)29-22(31)15-28-23(32)18-7-6-8-19(13-18)24(25,26)27/h6-8,13,16-17,20-21H,5,9-12,14-15H2,1-4H3,(H,28,32)(H,29,31)/t17-,20-,21+/m1/s1. The Balaban J connectivity index is 1.94. The van der Waals surface area contributed by atoms with Gasteiger partial charge in [0.1, 0.15) is 0 Å². The molecule has 0 saturated heterocycles. The minimum atomic E-state index is -4.54. The second-order valence-electron chi connectivity index (χ2n) is 8.87. The number of halogens is 3. The number of methoxy groups -OCH3 is 1. The van der Waals surface area contributed by atoms with E-state index < -0.39 is 17.6 Å². The summed E-state index contributed by atoms with van der Waals surface area (Å²) in [6.07, 6.45) is -0.958. The molecule has 1 aliphatic carbocycles. The highest BCUT2D eigenvalue weighted by molar-refractivity contribution is 5.96. The van der Waals surface area contributed by atoms with E-state index in [0.29, 0.717) is 18.7 Å². The normalized spacial score (nSPS) is 21.3. The molecule has 1 aromatic carbocycles. The van der Waals surface area contributed by atoms with Crippen LogP contribution in [0.5, 0.6) is 0 Å². The predicted molar refractivity (Wildman–Crippen MR) is 121 cm³/mol. The van der Waals surface area contributed by atoms with E-state index in [1.807, 2.05) is 0 Å². The molecule has 2 rings (SSSR count). The summed E-state index contributed by atoms with van der Waals surface area (Å²) in [6.45, 7) is 7.81. The van der Waals surface area contributed by atoms with Crippen molar-refractivity contribution in [3.05, 3.63) is 35.4 Å². The van der Waals surface area contributed by atoms with Crippen LogP contribution in [0.25, 0.3) is 0 Å². The fraction of sp³-hybridized carbons (Fsp3) is 0.667. The number of alkyl halides is 3. The van der Waals surface area contributed by atoms with Crippen LogP contribution in [0.4, 0.5) is 13.2 Å². The Hall–Kier alpha value is -2.13. The maximum absolute atomic E-state index is 12.9. The van der Waals surface area contributed by atoms with E-state index in [2.05, 4.69) is 36.3 Å². The topological polar surface area (TPSA) is 70.7 Å². The van der Waals surface area contributed by atoms with Crippen LogP contribution in [0.1, 0.15) is 62.4 Å². The second kappa shape index (κ2) is 12.4. The second-order valence-corrected chi connectivity index (χ2v) is 8.87. The lowest BCUT2D eigenvalue weighted by Crippen LogP contribution is -2.52. The molecule has 0 unspecified atom stereocenters. The van der Waals surface area contributed by atoms with Crippen molar-refractivity contribution in [3.63, 3.8) is 0 Å². The molecule has 186 valence electrons. The molecular formula is C24H36F3N3O3. The van der Waals surface area contributed by atoms with Crippen molar-refractivity contribution in [2.24, 2.45) is 5.92 Å². The van der Waals surface area contributed by atoms with Crippen LogP contribution < -0.4 is 10.6 Å². The molecule has 33 heavy (non-hydrogen) atoms. The Morgan fingerprint density at radius 3 is 2.58 bits per heavy atom. The van der Waals surface area contributed by atoms with Crippen LogP contribution in [0.15, 0.2) is 24.3 Å². The summed E-state index contributed by atoms with van der Waals surface area (Å²) >= 11 is 0. The van der Waals surface area contributed by atoms with Crippen molar-refractivity contribution >= 4 is 11.8 Å². The molecule has 0 bridgehead atoms. The molecule has 9 heteroatoms. The lowest BCUT2D eigenvalue weighted by atomic mass is 9.79. The van der Waals surface area contributed by atoms with Gasteiger partial charge in [-0.1, -0.05) is 13.0 Å². The summed E-state index contributed by atoms with van der Waals surface area (Å²) < 4.78 is 43.9. The molecule has 0 spiro atoms. The van der Waals surface area contributed by atoms with Crippen molar-refractivity contribution in [3.8, 4) is 0 Å². The van der Waals surface area contributed by atoms with E-state index in [1.54, 1.807) is 7.11 Å². The number of ether oxygens (including phenoxy) is 1. The highest BCUT2D eigenvalue weighted by Crippen LogP contribution is 2.32. The van der Waals surface area contributed by atoms with E-state index in [0.717, 1.165) is 44.4 Å². The van der Waals surface area contributed by atoms with Crippen molar-refractivity contribution in [2.45, 2.75) is 70.8 Å². The number of amides is 2. The molecule has 6 nitrogen and oxygen atoms in total. The average molecular weight is 472 g/mol. The Morgan fingerprint density at radius 2 is 1.97 bits per heavy atom. The van der Waals surface area contributed by atoms with Gasteiger partial charge in [0.2, 0.25) is 5.91 Å². The molecule has 1 aliphatic rings. The molecule has 2 N–H and O–H groups in total. The monoisotopic (exact) mass is 471 g/mol. The zero-order valence-electron chi connectivity index (χ0n) is 19.9. The largest absolute Gasteiger partial charge is 0.416 e. The summed E-state index contributed by atoms with van der Waals surface area (Å²) in [5.41, 5.74) is -1.04. The van der Waals surface area contributed by atoms with Crippen molar-refractivity contribution in [1.82, 2.24) is 15.5 Å². The molecule has 2 amide bonds. The first-order chi connectivity index (χ1) is 15.6.